The number of hydrogen-bond acceptors (Lipinski definition) is 4. The van der Waals surface area contributed by atoms with Crippen LogP contribution in [0, 0.1) is 17.5 Å². The van der Waals surface area contributed by atoms with Gasteiger partial charge in [-0.05, 0) is 24.3 Å². The van der Waals surface area contributed by atoms with E-state index >= 15 is 0 Å². The van der Waals surface area contributed by atoms with Crippen LogP contribution in [-0.2, 0) is 6.54 Å². The second-order valence-corrected chi connectivity index (χ2v) is 6.20. The van der Waals surface area contributed by atoms with E-state index in [9.17, 15) is 13.2 Å². The lowest BCUT2D eigenvalue weighted by Gasteiger charge is -2.07. The first-order valence-corrected chi connectivity index (χ1v) is 8.34. The Morgan fingerprint density at radius 2 is 1.64 bits per heavy atom. The monoisotopic (exact) mass is 380 g/mol. The number of nitrogens with zero attached hydrogens (tertiary/aromatic N) is 6. The van der Waals surface area contributed by atoms with Crippen molar-refractivity contribution in [2.45, 2.75) is 6.54 Å². The average molecular weight is 380 g/mol. The molecule has 0 amide bonds. The van der Waals surface area contributed by atoms with Gasteiger partial charge >= 0.3 is 0 Å². The van der Waals surface area contributed by atoms with Crippen LogP contribution in [0.3, 0.4) is 0 Å². The highest BCUT2D eigenvalue weighted by atomic mass is 19.1. The largest absolute Gasteiger partial charge is 0.310 e. The molecule has 0 bridgehead atoms. The van der Waals surface area contributed by atoms with Crippen molar-refractivity contribution < 1.29 is 13.2 Å². The van der Waals surface area contributed by atoms with Crippen LogP contribution < -0.4 is 0 Å². The Balaban J connectivity index is 1.63. The molecule has 3 aromatic heterocycles. The molecular formula is C19H11F3N6. The summed E-state index contributed by atoms with van der Waals surface area (Å²) in [7, 11) is 0. The molecule has 0 fully saturated rings. The van der Waals surface area contributed by atoms with Crippen molar-refractivity contribution in [2.24, 2.45) is 0 Å². The highest BCUT2D eigenvalue weighted by molar-refractivity contribution is 5.77. The Hall–Kier alpha value is -3.75. The molecule has 0 atom stereocenters. The maximum absolute atomic E-state index is 14.0. The molecule has 0 N–H and O–H groups in total. The zero-order chi connectivity index (χ0) is 19.3. The molecule has 0 aliphatic rings. The fourth-order valence-electron chi connectivity index (χ4n) is 3.07. The van der Waals surface area contributed by atoms with Gasteiger partial charge in [-0.15, -0.1) is 0 Å². The molecule has 138 valence electrons. The van der Waals surface area contributed by atoms with Crippen LogP contribution in [-0.4, -0.2) is 29.1 Å². The van der Waals surface area contributed by atoms with Crippen LogP contribution in [0.25, 0.3) is 28.1 Å². The molecule has 28 heavy (non-hydrogen) atoms. The summed E-state index contributed by atoms with van der Waals surface area (Å²) in [6.07, 6.45) is 4.43. The molecular weight excluding hydrogens is 369 g/mol. The van der Waals surface area contributed by atoms with E-state index in [1.807, 2.05) is 0 Å². The van der Waals surface area contributed by atoms with Gasteiger partial charge < -0.3 is 4.57 Å². The zero-order valence-electron chi connectivity index (χ0n) is 14.2. The molecule has 0 aliphatic heterocycles. The Kier molecular flexibility index (Phi) is 3.61. The summed E-state index contributed by atoms with van der Waals surface area (Å²) in [5, 5.41) is 0. The highest BCUT2D eigenvalue weighted by Gasteiger charge is 2.14. The minimum atomic E-state index is -0.646. The summed E-state index contributed by atoms with van der Waals surface area (Å²) in [5.41, 5.74) is 1.87. The van der Waals surface area contributed by atoms with E-state index in [-0.39, 0.29) is 18.1 Å². The van der Waals surface area contributed by atoms with Crippen molar-refractivity contribution in [3.05, 3.63) is 78.3 Å². The summed E-state index contributed by atoms with van der Waals surface area (Å²) in [4.78, 5) is 17.1. The Labute approximate surface area is 155 Å². The molecule has 2 aromatic carbocycles. The molecule has 5 rings (SSSR count). The fourth-order valence-corrected chi connectivity index (χ4v) is 3.07. The second kappa shape index (κ2) is 6.15. The Morgan fingerprint density at radius 1 is 0.857 bits per heavy atom. The van der Waals surface area contributed by atoms with Gasteiger partial charge in [0.05, 0.1) is 30.1 Å². The topological polar surface area (TPSA) is 61.4 Å². The maximum atomic E-state index is 14.0. The standard InChI is InChI=1S/C19H11F3N6/c20-11-4-5-15-17(6-11)28(10-25-15)19-23-7-16-18(26-19)27(9-24-16)8-12-13(21)2-1-3-14(12)22/h1-7,9-10H,8H2. The normalized spacial score (nSPS) is 11.5. The predicted molar refractivity (Wildman–Crippen MR) is 95.4 cm³/mol. The molecule has 0 saturated carbocycles. The second-order valence-electron chi connectivity index (χ2n) is 6.20. The van der Waals surface area contributed by atoms with Crippen molar-refractivity contribution in [2.75, 3.05) is 0 Å². The van der Waals surface area contributed by atoms with Crippen molar-refractivity contribution in [1.29, 1.82) is 0 Å². The number of rotatable bonds is 3. The van der Waals surface area contributed by atoms with Crippen molar-refractivity contribution >= 4 is 22.2 Å². The first-order chi connectivity index (χ1) is 13.6. The third-order valence-electron chi connectivity index (χ3n) is 4.46. The van der Waals surface area contributed by atoms with Crippen molar-refractivity contribution in [1.82, 2.24) is 29.1 Å². The van der Waals surface area contributed by atoms with E-state index in [0.29, 0.717) is 22.2 Å². The van der Waals surface area contributed by atoms with E-state index < -0.39 is 17.5 Å². The lowest BCUT2D eigenvalue weighted by molar-refractivity contribution is 0.546. The van der Waals surface area contributed by atoms with Crippen LogP contribution >= 0.6 is 0 Å². The fraction of sp³-hybridized carbons (Fsp3) is 0.0526. The number of fused-ring (bicyclic) bond motifs is 2. The summed E-state index contributed by atoms with van der Waals surface area (Å²) in [5.74, 6) is -1.45. The van der Waals surface area contributed by atoms with E-state index in [2.05, 4.69) is 19.9 Å². The quantitative estimate of drug-likeness (QED) is 0.480. The van der Waals surface area contributed by atoms with Crippen molar-refractivity contribution in [3.8, 4) is 5.95 Å². The first kappa shape index (κ1) is 16.4. The Bertz CT molecular complexity index is 1320. The minimum Gasteiger partial charge on any atom is -0.310 e. The maximum Gasteiger partial charge on any atom is 0.237 e. The molecule has 3 heterocycles. The van der Waals surface area contributed by atoms with Gasteiger partial charge in [-0.1, -0.05) is 6.07 Å². The van der Waals surface area contributed by atoms with Gasteiger partial charge in [0.1, 0.15) is 29.3 Å². The predicted octanol–water partition coefficient (Wildman–Crippen LogP) is 3.63. The van der Waals surface area contributed by atoms with Gasteiger partial charge in [0.2, 0.25) is 5.95 Å². The number of imidazole rings is 2. The Morgan fingerprint density at radius 3 is 2.46 bits per heavy atom. The summed E-state index contributed by atoms with van der Waals surface area (Å²) in [6.45, 7) is -0.0786. The first-order valence-electron chi connectivity index (χ1n) is 8.34. The smallest absolute Gasteiger partial charge is 0.237 e. The lowest BCUT2D eigenvalue weighted by atomic mass is 10.2. The summed E-state index contributed by atoms with van der Waals surface area (Å²) < 4.78 is 44.7. The van der Waals surface area contributed by atoms with Crippen LogP contribution in [0.4, 0.5) is 13.2 Å². The van der Waals surface area contributed by atoms with Gasteiger partial charge in [-0.3, -0.25) is 4.57 Å². The highest BCUT2D eigenvalue weighted by Crippen LogP contribution is 2.20. The molecule has 6 nitrogen and oxygen atoms in total. The number of aromatic nitrogens is 6. The van der Waals surface area contributed by atoms with Crippen LogP contribution in [0.15, 0.2) is 55.2 Å². The van der Waals surface area contributed by atoms with Gasteiger partial charge in [0.25, 0.3) is 0 Å². The molecule has 9 heteroatoms. The van der Waals surface area contributed by atoms with Gasteiger partial charge in [-0.25, -0.2) is 28.1 Å². The van der Waals surface area contributed by atoms with E-state index in [4.69, 9.17) is 0 Å². The minimum absolute atomic E-state index is 0.0786. The molecule has 5 aromatic rings. The number of benzene rings is 2. The number of hydrogen-bond donors (Lipinski definition) is 0. The van der Waals surface area contributed by atoms with Crippen LogP contribution in [0.5, 0.6) is 0 Å². The van der Waals surface area contributed by atoms with E-state index in [0.717, 1.165) is 0 Å². The molecule has 0 saturated heterocycles. The number of halogens is 3. The van der Waals surface area contributed by atoms with E-state index in [1.165, 1.54) is 53.8 Å². The SMILES string of the molecule is Fc1ccc2ncn(-c3ncc4ncn(Cc5c(F)cccc5F)c4n3)c2c1. The van der Waals surface area contributed by atoms with Crippen LogP contribution in [0.1, 0.15) is 5.56 Å². The van der Waals surface area contributed by atoms with Crippen LogP contribution in [0.2, 0.25) is 0 Å². The average Bonchev–Trinajstić information content (AvgIpc) is 3.28. The molecule has 0 spiro atoms. The van der Waals surface area contributed by atoms with Crippen molar-refractivity contribution in [3.63, 3.8) is 0 Å². The van der Waals surface area contributed by atoms with E-state index in [1.54, 1.807) is 10.6 Å². The molecule has 0 radical (unpaired) electrons. The van der Waals surface area contributed by atoms with Gasteiger partial charge in [0.15, 0.2) is 5.65 Å². The summed E-state index contributed by atoms with van der Waals surface area (Å²) >= 11 is 0. The molecule has 0 unspecified atom stereocenters. The summed E-state index contributed by atoms with van der Waals surface area (Å²) in [6, 6.07) is 7.92. The zero-order valence-corrected chi connectivity index (χ0v) is 14.2. The van der Waals surface area contributed by atoms with Gasteiger partial charge in [-0.2, -0.15) is 4.98 Å². The third kappa shape index (κ3) is 2.59. The molecule has 0 aliphatic carbocycles. The lowest BCUT2D eigenvalue weighted by Crippen LogP contribution is -2.06. The van der Waals surface area contributed by atoms with Gasteiger partial charge in [0, 0.05) is 11.6 Å². The third-order valence-corrected chi connectivity index (χ3v) is 4.46.